The molecule has 0 radical (unpaired) electrons. The number of aryl methyl sites for hydroxylation is 1. The van der Waals surface area contributed by atoms with Crippen molar-refractivity contribution in [3.63, 3.8) is 0 Å². The van der Waals surface area contributed by atoms with Crippen molar-refractivity contribution in [2.45, 2.75) is 32.1 Å². The Morgan fingerprint density at radius 2 is 1.96 bits per heavy atom. The largest absolute Gasteiger partial charge is 0.435 e. The summed E-state index contributed by atoms with van der Waals surface area (Å²) in [5.74, 6) is 0.999. The summed E-state index contributed by atoms with van der Waals surface area (Å²) in [7, 11) is 1.83. The molecule has 25 heavy (non-hydrogen) atoms. The molecular formula is C15H19F3N6O. The van der Waals surface area contributed by atoms with E-state index in [1.807, 2.05) is 7.05 Å². The van der Waals surface area contributed by atoms with E-state index in [0.717, 1.165) is 48.6 Å². The van der Waals surface area contributed by atoms with Gasteiger partial charge in [0.05, 0.1) is 6.54 Å². The Hall–Kier alpha value is -2.23. The summed E-state index contributed by atoms with van der Waals surface area (Å²) in [5, 5.41) is 7.50. The summed E-state index contributed by atoms with van der Waals surface area (Å²) in [4.78, 5) is 18.2. The van der Waals surface area contributed by atoms with E-state index in [2.05, 4.69) is 20.1 Å². The van der Waals surface area contributed by atoms with Crippen LogP contribution in [0.15, 0.2) is 23.3 Å². The summed E-state index contributed by atoms with van der Waals surface area (Å²) in [6.45, 7) is 2.49. The molecular weight excluding hydrogens is 337 g/mol. The minimum atomic E-state index is -4.55. The molecule has 7 nitrogen and oxygen atoms in total. The molecule has 1 fully saturated rings. The smallest absolute Gasteiger partial charge is 0.296 e. The van der Waals surface area contributed by atoms with Gasteiger partial charge in [0, 0.05) is 19.7 Å². The number of aromatic nitrogens is 5. The summed E-state index contributed by atoms with van der Waals surface area (Å²) < 4.78 is 40.9. The van der Waals surface area contributed by atoms with Gasteiger partial charge in [-0.25, -0.2) is 9.67 Å². The van der Waals surface area contributed by atoms with Crippen LogP contribution in [0, 0.1) is 5.92 Å². The maximum atomic E-state index is 12.7. The van der Waals surface area contributed by atoms with Gasteiger partial charge in [-0.05, 0) is 37.9 Å². The lowest BCUT2D eigenvalue weighted by atomic mass is 9.97. The lowest BCUT2D eigenvalue weighted by Gasteiger charge is -2.31. The summed E-state index contributed by atoms with van der Waals surface area (Å²) in [6.07, 6.45) is -1.45. The van der Waals surface area contributed by atoms with Crippen LogP contribution in [-0.2, 0) is 26.3 Å². The molecule has 2 aromatic heterocycles. The van der Waals surface area contributed by atoms with Crippen LogP contribution < -0.4 is 5.56 Å². The van der Waals surface area contributed by atoms with Crippen LogP contribution >= 0.6 is 0 Å². The van der Waals surface area contributed by atoms with Gasteiger partial charge < -0.3 is 0 Å². The molecule has 0 spiro atoms. The van der Waals surface area contributed by atoms with E-state index in [0.29, 0.717) is 6.54 Å². The van der Waals surface area contributed by atoms with Crippen molar-refractivity contribution in [2.75, 3.05) is 13.1 Å². The Morgan fingerprint density at radius 3 is 2.56 bits per heavy atom. The third kappa shape index (κ3) is 4.25. The number of alkyl halides is 3. The zero-order chi connectivity index (χ0) is 18.0. The first-order chi connectivity index (χ1) is 11.8. The maximum Gasteiger partial charge on any atom is 0.435 e. The van der Waals surface area contributed by atoms with Crippen LogP contribution in [-0.4, -0.2) is 42.5 Å². The Morgan fingerprint density at radius 1 is 1.24 bits per heavy atom. The van der Waals surface area contributed by atoms with Gasteiger partial charge in [-0.15, -0.1) is 0 Å². The van der Waals surface area contributed by atoms with Gasteiger partial charge in [0.1, 0.15) is 12.2 Å². The predicted octanol–water partition coefficient (Wildman–Crippen LogP) is 1.30. The average molecular weight is 356 g/mol. The van der Waals surface area contributed by atoms with Crippen molar-refractivity contribution in [3.8, 4) is 0 Å². The second kappa shape index (κ2) is 6.95. The minimum Gasteiger partial charge on any atom is -0.296 e. The molecule has 0 amide bonds. The van der Waals surface area contributed by atoms with Crippen LogP contribution in [0.25, 0.3) is 0 Å². The van der Waals surface area contributed by atoms with E-state index < -0.39 is 17.4 Å². The van der Waals surface area contributed by atoms with Gasteiger partial charge in [-0.3, -0.25) is 14.4 Å². The number of piperidine rings is 1. The van der Waals surface area contributed by atoms with E-state index >= 15 is 0 Å². The average Bonchev–Trinajstić information content (AvgIpc) is 2.95. The standard InChI is InChI=1S/C15H19F3N6O/c1-22-13(19-10-20-22)9-23-6-4-11(5-7-23)8-24-14(25)3-2-12(21-24)15(16,17)18/h2-3,10-11H,4-9H2,1H3. The number of rotatable bonds is 4. The van der Waals surface area contributed by atoms with Gasteiger partial charge in [0.2, 0.25) is 0 Å². The minimum absolute atomic E-state index is 0.129. The van der Waals surface area contributed by atoms with Crippen LogP contribution in [0.4, 0.5) is 13.2 Å². The fourth-order valence-electron chi connectivity index (χ4n) is 2.97. The Kier molecular flexibility index (Phi) is 4.89. The molecule has 1 aliphatic rings. The lowest BCUT2D eigenvalue weighted by molar-refractivity contribution is -0.142. The first kappa shape index (κ1) is 17.6. The lowest BCUT2D eigenvalue weighted by Crippen LogP contribution is -2.37. The SMILES string of the molecule is Cn1ncnc1CN1CCC(Cn2nc(C(F)(F)F)ccc2=O)CC1. The highest BCUT2D eigenvalue weighted by atomic mass is 19.4. The number of hydrogen-bond acceptors (Lipinski definition) is 5. The van der Waals surface area contributed by atoms with E-state index in [1.54, 1.807) is 4.68 Å². The van der Waals surface area contributed by atoms with Crippen molar-refractivity contribution < 1.29 is 13.2 Å². The van der Waals surface area contributed by atoms with Crippen molar-refractivity contribution in [1.82, 2.24) is 29.4 Å². The van der Waals surface area contributed by atoms with E-state index in [-0.39, 0.29) is 12.5 Å². The molecule has 0 N–H and O–H groups in total. The fraction of sp³-hybridized carbons (Fsp3) is 0.600. The zero-order valence-electron chi connectivity index (χ0n) is 13.8. The van der Waals surface area contributed by atoms with Crippen molar-refractivity contribution in [3.05, 3.63) is 40.3 Å². The highest BCUT2D eigenvalue weighted by molar-refractivity contribution is 5.04. The normalized spacial score (nSPS) is 17.1. The van der Waals surface area contributed by atoms with Gasteiger partial charge >= 0.3 is 6.18 Å². The van der Waals surface area contributed by atoms with Crippen molar-refractivity contribution in [2.24, 2.45) is 13.0 Å². The Labute approximate surface area is 142 Å². The highest BCUT2D eigenvalue weighted by Gasteiger charge is 2.33. The fourth-order valence-corrected chi connectivity index (χ4v) is 2.97. The van der Waals surface area contributed by atoms with Crippen LogP contribution in [0.3, 0.4) is 0 Å². The molecule has 136 valence electrons. The summed E-state index contributed by atoms with van der Waals surface area (Å²) in [5.41, 5.74) is -1.54. The molecule has 0 aliphatic carbocycles. The number of hydrogen-bond donors (Lipinski definition) is 0. The van der Waals surface area contributed by atoms with E-state index in [1.165, 1.54) is 6.33 Å². The molecule has 10 heteroatoms. The van der Waals surface area contributed by atoms with Crippen molar-refractivity contribution >= 4 is 0 Å². The molecule has 0 atom stereocenters. The topological polar surface area (TPSA) is 68.8 Å². The molecule has 0 bridgehead atoms. The number of likely N-dealkylation sites (tertiary alicyclic amines) is 1. The molecule has 1 saturated heterocycles. The molecule has 3 rings (SSSR count). The first-order valence-corrected chi connectivity index (χ1v) is 8.03. The third-order valence-corrected chi connectivity index (χ3v) is 4.47. The summed E-state index contributed by atoms with van der Waals surface area (Å²) >= 11 is 0. The van der Waals surface area contributed by atoms with Gasteiger partial charge in [-0.1, -0.05) is 0 Å². The maximum absolute atomic E-state index is 12.7. The predicted molar refractivity (Wildman–Crippen MR) is 82.5 cm³/mol. The molecule has 0 unspecified atom stereocenters. The second-order valence-corrected chi connectivity index (χ2v) is 6.26. The van der Waals surface area contributed by atoms with E-state index in [9.17, 15) is 18.0 Å². The molecule has 2 aromatic rings. The summed E-state index contributed by atoms with van der Waals surface area (Å²) in [6, 6.07) is 1.65. The highest BCUT2D eigenvalue weighted by Crippen LogP contribution is 2.26. The monoisotopic (exact) mass is 356 g/mol. The van der Waals surface area contributed by atoms with Crippen LogP contribution in [0.1, 0.15) is 24.4 Å². The third-order valence-electron chi connectivity index (χ3n) is 4.47. The second-order valence-electron chi connectivity index (χ2n) is 6.26. The Bertz CT molecular complexity index is 776. The van der Waals surface area contributed by atoms with Crippen molar-refractivity contribution in [1.29, 1.82) is 0 Å². The number of halogens is 3. The molecule has 3 heterocycles. The van der Waals surface area contributed by atoms with Crippen LogP contribution in [0.2, 0.25) is 0 Å². The Balaban J connectivity index is 1.59. The first-order valence-electron chi connectivity index (χ1n) is 8.03. The van der Waals surface area contributed by atoms with E-state index in [4.69, 9.17) is 0 Å². The van der Waals surface area contributed by atoms with Crippen LogP contribution in [0.5, 0.6) is 0 Å². The quantitative estimate of drug-likeness (QED) is 0.826. The number of nitrogens with zero attached hydrogens (tertiary/aromatic N) is 6. The zero-order valence-corrected chi connectivity index (χ0v) is 13.8. The van der Waals surface area contributed by atoms with Gasteiger partial charge in [0.25, 0.3) is 5.56 Å². The molecule has 0 saturated carbocycles. The van der Waals surface area contributed by atoms with Gasteiger partial charge in [-0.2, -0.15) is 23.4 Å². The van der Waals surface area contributed by atoms with Gasteiger partial charge in [0.15, 0.2) is 5.69 Å². The molecule has 0 aromatic carbocycles. The molecule has 1 aliphatic heterocycles.